The van der Waals surface area contributed by atoms with Crippen molar-refractivity contribution in [3.8, 4) is 0 Å². The Labute approximate surface area is 161 Å². The average molecular weight is 394 g/mol. The number of amides is 4. The van der Waals surface area contributed by atoms with Gasteiger partial charge in [-0.25, -0.2) is 4.79 Å². The molecule has 2 aliphatic heterocycles. The summed E-state index contributed by atoms with van der Waals surface area (Å²) in [5.74, 6) is -1.51. The second-order valence-corrected chi connectivity index (χ2v) is 6.79. The van der Waals surface area contributed by atoms with Crippen LogP contribution in [0.2, 0.25) is 5.02 Å². The number of hydrogen-bond donors (Lipinski definition) is 1. The van der Waals surface area contributed by atoms with Crippen LogP contribution in [0.4, 0.5) is 4.79 Å². The summed E-state index contributed by atoms with van der Waals surface area (Å²) in [4.78, 5) is 51.3. The van der Waals surface area contributed by atoms with E-state index in [1.807, 2.05) is 0 Å². The number of carbonyl (C=O) groups is 4. The van der Waals surface area contributed by atoms with Gasteiger partial charge in [-0.2, -0.15) is 0 Å². The lowest BCUT2D eigenvalue weighted by Crippen LogP contribution is -2.49. The molecule has 2 heterocycles. The third-order valence-electron chi connectivity index (χ3n) is 4.64. The minimum Gasteiger partial charge on any atom is -0.450 e. The van der Waals surface area contributed by atoms with E-state index in [0.717, 1.165) is 4.90 Å². The Balaban J connectivity index is 1.54. The average Bonchev–Trinajstić information content (AvgIpc) is 2.88. The number of likely N-dealkylation sites (tertiary alicyclic amines) is 1. The van der Waals surface area contributed by atoms with Gasteiger partial charge in [0, 0.05) is 19.1 Å². The van der Waals surface area contributed by atoms with Gasteiger partial charge in [0.15, 0.2) is 0 Å². The maximum absolute atomic E-state index is 12.4. The molecule has 1 aromatic carbocycles. The predicted molar refractivity (Wildman–Crippen MR) is 96.6 cm³/mol. The zero-order valence-corrected chi connectivity index (χ0v) is 15.6. The fourth-order valence-corrected chi connectivity index (χ4v) is 3.53. The molecule has 0 saturated carbocycles. The number of carbonyl (C=O) groups excluding carboxylic acids is 4. The lowest BCUT2D eigenvalue weighted by Gasteiger charge is -2.31. The highest BCUT2D eigenvalue weighted by molar-refractivity contribution is 6.37. The van der Waals surface area contributed by atoms with E-state index in [1.54, 1.807) is 17.9 Å². The first-order valence-electron chi connectivity index (χ1n) is 8.78. The molecule has 0 atom stereocenters. The Bertz CT molecular complexity index is 789. The molecule has 4 amide bonds. The van der Waals surface area contributed by atoms with Crippen molar-refractivity contribution in [1.82, 2.24) is 15.1 Å². The van der Waals surface area contributed by atoms with Crippen LogP contribution in [0.25, 0.3) is 0 Å². The molecule has 3 rings (SSSR count). The van der Waals surface area contributed by atoms with E-state index in [1.165, 1.54) is 12.1 Å². The van der Waals surface area contributed by atoms with Gasteiger partial charge in [0.2, 0.25) is 5.91 Å². The Morgan fingerprint density at radius 2 is 1.93 bits per heavy atom. The molecule has 0 unspecified atom stereocenters. The molecule has 0 aliphatic carbocycles. The number of ether oxygens (including phenoxy) is 1. The maximum atomic E-state index is 12.4. The largest absolute Gasteiger partial charge is 0.450 e. The van der Waals surface area contributed by atoms with E-state index in [0.29, 0.717) is 32.5 Å². The van der Waals surface area contributed by atoms with Gasteiger partial charge in [-0.05, 0) is 31.9 Å². The van der Waals surface area contributed by atoms with Crippen molar-refractivity contribution in [1.29, 1.82) is 0 Å². The molecule has 1 fully saturated rings. The van der Waals surface area contributed by atoms with Crippen molar-refractivity contribution in [2.45, 2.75) is 25.8 Å². The quantitative estimate of drug-likeness (QED) is 0.785. The van der Waals surface area contributed by atoms with Gasteiger partial charge in [0.05, 0.1) is 22.8 Å². The number of imide groups is 1. The minimum absolute atomic E-state index is 0.123. The van der Waals surface area contributed by atoms with Gasteiger partial charge in [0.25, 0.3) is 11.8 Å². The third kappa shape index (κ3) is 3.90. The number of piperidine rings is 1. The summed E-state index contributed by atoms with van der Waals surface area (Å²) in [6, 6.07) is 4.52. The van der Waals surface area contributed by atoms with Crippen molar-refractivity contribution in [3.05, 3.63) is 34.3 Å². The molecule has 0 aromatic heterocycles. The summed E-state index contributed by atoms with van der Waals surface area (Å²) in [6.45, 7) is 2.66. The van der Waals surface area contributed by atoms with Crippen LogP contribution in [0.3, 0.4) is 0 Å². The number of hydrogen-bond acceptors (Lipinski definition) is 5. The van der Waals surface area contributed by atoms with Gasteiger partial charge in [-0.3, -0.25) is 19.3 Å². The maximum Gasteiger partial charge on any atom is 0.409 e. The molecule has 2 aliphatic rings. The highest BCUT2D eigenvalue weighted by Crippen LogP contribution is 2.28. The summed E-state index contributed by atoms with van der Waals surface area (Å²) >= 11 is 6.01. The van der Waals surface area contributed by atoms with Crippen LogP contribution in [0.15, 0.2) is 18.2 Å². The molecule has 0 spiro atoms. The number of halogens is 1. The van der Waals surface area contributed by atoms with Crippen molar-refractivity contribution in [3.63, 3.8) is 0 Å². The van der Waals surface area contributed by atoms with E-state index >= 15 is 0 Å². The van der Waals surface area contributed by atoms with Gasteiger partial charge < -0.3 is 15.0 Å². The zero-order valence-electron chi connectivity index (χ0n) is 14.9. The smallest absolute Gasteiger partial charge is 0.409 e. The van der Waals surface area contributed by atoms with E-state index in [4.69, 9.17) is 16.3 Å². The number of fused-ring (bicyclic) bond motifs is 1. The number of benzene rings is 1. The van der Waals surface area contributed by atoms with Gasteiger partial charge in [-0.1, -0.05) is 17.7 Å². The normalized spacial score (nSPS) is 17.1. The molecule has 1 aromatic rings. The molecular weight excluding hydrogens is 374 g/mol. The standard InChI is InChI=1S/C18H20ClN3O5/c1-2-27-18(26)21-8-6-11(7-9-21)20-14(23)10-22-16(24)12-4-3-5-13(19)15(12)17(22)25/h3-5,11H,2,6-10H2,1H3,(H,20,23). The van der Waals surface area contributed by atoms with Crippen molar-refractivity contribution < 1.29 is 23.9 Å². The Morgan fingerprint density at radius 3 is 2.56 bits per heavy atom. The van der Waals surface area contributed by atoms with Crippen LogP contribution in [0.1, 0.15) is 40.5 Å². The van der Waals surface area contributed by atoms with Gasteiger partial charge >= 0.3 is 6.09 Å². The molecular formula is C18H20ClN3O5. The molecule has 0 radical (unpaired) electrons. The lowest BCUT2D eigenvalue weighted by atomic mass is 10.1. The first kappa shape index (κ1) is 19.2. The fraction of sp³-hybridized carbons (Fsp3) is 0.444. The number of nitrogens with one attached hydrogen (secondary N) is 1. The lowest BCUT2D eigenvalue weighted by molar-refractivity contribution is -0.122. The SMILES string of the molecule is CCOC(=O)N1CCC(NC(=O)CN2C(=O)c3cccc(Cl)c3C2=O)CC1. The molecule has 0 bridgehead atoms. The third-order valence-corrected chi connectivity index (χ3v) is 4.95. The summed E-state index contributed by atoms with van der Waals surface area (Å²) in [6.07, 6.45) is 0.807. The topological polar surface area (TPSA) is 96.0 Å². The molecule has 8 nitrogen and oxygen atoms in total. The summed E-state index contributed by atoms with van der Waals surface area (Å²) in [7, 11) is 0. The van der Waals surface area contributed by atoms with E-state index < -0.39 is 17.7 Å². The van der Waals surface area contributed by atoms with E-state index in [9.17, 15) is 19.2 Å². The first-order valence-corrected chi connectivity index (χ1v) is 9.16. The fourth-order valence-electron chi connectivity index (χ4n) is 3.27. The van der Waals surface area contributed by atoms with Crippen LogP contribution in [0.5, 0.6) is 0 Å². The number of nitrogens with zero attached hydrogens (tertiary/aromatic N) is 2. The van der Waals surface area contributed by atoms with Crippen LogP contribution in [-0.4, -0.2) is 65.9 Å². The number of rotatable bonds is 4. The van der Waals surface area contributed by atoms with E-state index in [-0.39, 0.29) is 34.8 Å². The molecule has 144 valence electrons. The summed E-state index contributed by atoms with van der Waals surface area (Å²) < 4.78 is 4.96. The van der Waals surface area contributed by atoms with Crippen LogP contribution in [0, 0.1) is 0 Å². The monoisotopic (exact) mass is 393 g/mol. The zero-order chi connectivity index (χ0) is 19.6. The Morgan fingerprint density at radius 1 is 1.22 bits per heavy atom. The summed E-state index contributed by atoms with van der Waals surface area (Å²) in [5, 5.41) is 3.02. The Hall–Kier alpha value is -2.61. The van der Waals surface area contributed by atoms with Gasteiger partial charge in [-0.15, -0.1) is 0 Å². The second-order valence-electron chi connectivity index (χ2n) is 6.39. The van der Waals surface area contributed by atoms with Crippen LogP contribution >= 0.6 is 11.6 Å². The minimum atomic E-state index is -0.562. The highest BCUT2D eigenvalue weighted by Gasteiger charge is 2.38. The van der Waals surface area contributed by atoms with Crippen molar-refractivity contribution in [2.24, 2.45) is 0 Å². The van der Waals surface area contributed by atoms with Crippen LogP contribution in [-0.2, 0) is 9.53 Å². The van der Waals surface area contributed by atoms with Crippen molar-refractivity contribution >= 4 is 35.4 Å². The summed E-state index contributed by atoms with van der Waals surface area (Å²) in [5.41, 5.74) is 0.350. The Kier molecular flexibility index (Phi) is 5.65. The second kappa shape index (κ2) is 7.96. The van der Waals surface area contributed by atoms with Crippen molar-refractivity contribution in [2.75, 3.05) is 26.2 Å². The first-order chi connectivity index (χ1) is 12.9. The highest BCUT2D eigenvalue weighted by atomic mass is 35.5. The van der Waals surface area contributed by atoms with E-state index in [2.05, 4.69) is 5.32 Å². The molecule has 1 N–H and O–H groups in total. The van der Waals surface area contributed by atoms with Crippen LogP contribution < -0.4 is 5.32 Å². The predicted octanol–water partition coefficient (Wildman–Crippen LogP) is 1.67. The molecule has 1 saturated heterocycles. The van der Waals surface area contributed by atoms with Gasteiger partial charge in [0.1, 0.15) is 6.54 Å². The molecule has 9 heteroatoms. The molecule has 27 heavy (non-hydrogen) atoms.